The van der Waals surface area contributed by atoms with Crippen molar-refractivity contribution in [1.29, 1.82) is 0 Å². The molecule has 4 nitrogen and oxygen atoms in total. The summed E-state index contributed by atoms with van der Waals surface area (Å²) in [7, 11) is 1.70. The van der Waals surface area contributed by atoms with Crippen LogP contribution in [0.1, 0.15) is 33.6 Å². The van der Waals surface area contributed by atoms with Crippen molar-refractivity contribution in [3.05, 3.63) is 11.6 Å². The van der Waals surface area contributed by atoms with Crippen LogP contribution in [-0.4, -0.2) is 49.7 Å². The molecule has 104 valence electrons. The van der Waals surface area contributed by atoms with Crippen molar-refractivity contribution in [2.75, 3.05) is 33.4 Å². The van der Waals surface area contributed by atoms with E-state index in [1.165, 1.54) is 5.57 Å². The molecule has 0 aliphatic carbocycles. The number of hydrogen-bond acceptors (Lipinski definition) is 3. The van der Waals surface area contributed by atoms with Crippen LogP contribution in [0.2, 0.25) is 0 Å². The molecule has 1 aliphatic heterocycles. The zero-order chi connectivity index (χ0) is 13.6. The summed E-state index contributed by atoms with van der Waals surface area (Å²) in [5.74, 6) is 0.236. The molecule has 1 rings (SSSR count). The highest BCUT2D eigenvalue weighted by Gasteiger charge is 2.17. The van der Waals surface area contributed by atoms with E-state index in [0.29, 0.717) is 13.0 Å². The molecule has 0 unspecified atom stereocenters. The Hall–Kier alpha value is -0.870. The van der Waals surface area contributed by atoms with Crippen LogP contribution in [0.5, 0.6) is 0 Å². The summed E-state index contributed by atoms with van der Waals surface area (Å²) < 4.78 is 5.10. The Kier molecular flexibility index (Phi) is 5.82. The van der Waals surface area contributed by atoms with Crippen LogP contribution in [0.15, 0.2) is 11.6 Å². The average molecular weight is 254 g/mol. The lowest BCUT2D eigenvalue weighted by Gasteiger charge is -2.27. The fourth-order valence-corrected chi connectivity index (χ4v) is 1.96. The zero-order valence-electron chi connectivity index (χ0n) is 12.1. The number of methoxy groups -OCH3 is 1. The highest BCUT2D eigenvalue weighted by atomic mass is 16.5. The van der Waals surface area contributed by atoms with Crippen molar-refractivity contribution in [3.63, 3.8) is 0 Å². The quantitative estimate of drug-likeness (QED) is 0.757. The summed E-state index contributed by atoms with van der Waals surface area (Å²) in [5, 5.41) is 3.34. The van der Waals surface area contributed by atoms with Crippen molar-refractivity contribution in [1.82, 2.24) is 10.2 Å². The lowest BCUT2D eigenvalue weighted by atomic mass is 10.1. The number of nitrogens with zero attached hydrogens (tertiary/aromatic N) is 1. The van der Waals surface area contributed by atoms with E-state index in [9.17, 15) is 4.79 Å². The first-order chi connectivity index (χ1) is 8.42. The zero-order valence-corrected chi connectivity index (χ0v) is 12.1. The van der Waals surface area contributed by atoms with Crippen LogP contribution in [0.3, 0.4) is 0 Å². The Morgan fingerprint density at radius 1 is 1.50 bits per heavy atom. The Morgan fingerprint density at radius 2 is 2.22 bits per heavy atom. The summed E-state index contributed by atoms with van der Waals surface area (Å²) in [5.41, 5.74) is 1.38. The van der Waals surface area contributed by atoms with Gasteiger partial charge in [-0.15, -0.1) is 0 Å². The monoisotopic (exact) mass is 254 g/mol. The van der Waals surface area contributed by atoms with Gasteiger partial charge >= 0.3 is 0 Å². The molecule has 1 heterocycles. The fourth-order valence-electron chi connectivity index (χ4n) is 1.96. The molecule has 0 aromatic heterocycles. The third-order valence-electron chi connectivity index (χ3n) is 2.98. The third-order valence-corrected chi connectivity index (χ3v) is 2.98. The molecule has 0 fully saturated rings. The number of rotatable bonds is 5. The summed E-state index contributed by atoms with van der Waals surface area (Å²) in [6.45, 7) is 9.31. The van der Waals surface area contributed by atoms with E-state index in [0.717, 1.165) is 26.1 Å². The first-order valence-electron chi connectivity index (χ1n) is 6.62. The lowest BCUT2D eigenvalue weighted by Crippen LogP contribution is -2.40. The summed E-state index contributed by atoms with van der Waals surface area (Å²) in [6.07, 6.45) is 3.62. The van der Waals surface area contributed by atoms with Gasteiger partial charge in [-0.1, -0.05) is 6.08 Å². The van der Waals surface area contributed by atoms with E-state index >= 15 is 0 Å². The number of ether oxygens (including phenoxy) is 1. The maximum absolute atomic E-state index is 12.0. The normalized spacial score (nSPS) is 16.7. The largest absolute Gasteiger partial charge is 0.380 e. The van der Waals surface area contributed by atoms with Crippen LogP contribution in [0.25, 0.3) is 0 Å². The molecule has 0 aromatic carbocycles. The summed E-state index contributed by atoms with van der Waals surface area (Å²) >= 11 is 0. The van der Waals surface area contributed by atoms with Crippen molar-refractivity contribution >= 4 is 5.91 Å². The molecule has 1 N–H and O–H groups in total. The van der Waals surface area contributed by atoms with Gasteiger partial charge in [0.25, 0.3) is 0 Å². The van der Waals surface area contributed by atoms with Crippen LogP contribution < -0.4 is 5.32 Å². The molecule has 0 atom stereocenters. The second-order valence-corrected chi connectivity index (χ2v) is 5.81. The first kappa shape index (κ1) is 15.2. The highest BCUT2D eigenvalue weighted by Crippen LogP contribution is 2.11. The molecule has 1 aliphatic rings. The van der Waals surface area contributed by atoms with Gasteiger partial charge in [0.1, 0.15) is 0 Å². The number of carbonyl (C=O) groups excluding carboxylic acids is 1. The second kappa shape index (κ2) is 6.90. The van der Waals surface area contributed by atoms with E-state index < -0.39 is 0 Å². The standard InChI is InChI=1S/C14H26N2O2/c1-14(2,3)15-8-5-13(17)16-9-6-12(7-10-16)11-18-4/h6,15H,5,7-11H2,1-4H3. The molecule has 0 spiro atoms. The van der Waals surface area contributed by atoms with Gasteiger partial charge in [-0.25, -0.2) is 0 Å². The van der Waals surface area contributed by atoms with Crippen LogP contribution >= 0.6 is 0 Å². The van der Waals surface area contributed by atoms with Crippen molar-refractivity contribution in [3.8, 4) is 0 Å². The van der Waals surface area contributed by atoms with Crippen molar-refractivity contribution in [2.24, 2.45) is 0 Å². The van der Waals surface area contributed by atoms with Crippen LogP contribution in [0, 0.1) is 0 Å². The summed E-state index contributed by atoms with van der Waals surface area (Å²) in [6, 6.07) is 0. The van der Waals surface area contributed by atoms with E-state index in [1.807, 2.05) is 4.90 Å². The predicted molar refractivity (Wildman–Crippen MR) is 73.5 cm³/mol. The van der Waals surface area contributed by atoms with Gasteiger partial charge < -0.3 is 15.0 Å². The van der Waals surface area contributed by atoms with Gasteiger partial charge in [-0.05, 0) is 32.8 Å². The molecule has 0 aromatic rings. The molecule has 0 radical (unpaired) electrons. The third kappa shape index (κ3) is 5.65. The van der Waals surface area contributed by atoms with Gasteiger partial charge in [-0.3, -0.25) is 4.79 Å². The van der Waals surface area contributed by atoms with Crippen LogP contribution in [-0.2, 0) is 9.53 Å². The van der Waals surface area contributed by atoms with Gasteiger partial charge in [0.2, 0.25) is 5.91 Å². The second-order valence-electron chi connectivity index (χ2n) is 5.81. The molecule has 4 heteroatoms. The molecule has 0 bridgehead atoms. The van der Waals surface area contributed by atoms with E-state index in [2.05, 4.69) is 32.2 Å². The maximum atomic E-state index is 12.0. The minimum atomic E-state index is 0.0771. The lowest BCUT2D eigenvalue weighted by molar-refractivity contribution is -0.130. The molecular formula is C14H26N2O2. The smallest absolute Gasteiger partial charge is 0.224 e. The number of nitrogens with one attached hydrogen (secondary N) is 1. The minimum Gasteiger partial charge on any atom is -0.380 e. The molecule has 18 heavy (non-hydrogen) atoms. The fraction of sp³-hybridized carbons (Fsp3) is 0.786. The highest BCUT2D eigenvalue weighted by molar-refractivity contribution is 5.76. The Labute approximate surface area is 110 Å². The number of hydrogen-bond donors (Lipinski definition) is 1. The van der Waals surface area contributed by atoms with E-state index in [-0.39, 0.29) is 11.4 Å². The van der Waals surface area contributed by atoms with Gasteiger partial charge in [-0.2, -0.15) is 0 Å². The minimum absolute atomic E-state index is 0.0771. The Balaban J connectivity index is 2.28. The molecule has 0 saturated heterocycles. The molecule has 1 amide bonds. The SMILES string of the molecule is COCC1=CCN(C(=O)CCNC(C)(C)C)CC1. The predicted octanol–water partition coefficient (Wildman–Crippen LogP) is 1.57. The van der Waals surface area contributed by atoms with Gasteiger partial charge in [0.15, 0.2) is 0 Å². The topological polar surface area (TPSA) is 41.6 Å². The average Bonchev–Trinajstić information content (AvgIpc) is 2.28. The first-order valence-corrected chi connectivity index (χ1v) is 6.62. The molecule has 0 saturated carbocycles. The molecular weight excluding hydrogens is 228 g/mol. The van der Waals surface area contributed by atoms with Gasteiger partial charge in [0.05, 0.1) is 6.61 Å². The number of amides is 1. The van der Waals surface area contributed by atoms with Crippen molar-refractivity contribution < 1.29 is 9.53 Å². The summed E-state index contributed by atoms with van der Waals surface area (Å²) in [4.78, 5) is 13.9. The van der Waals surface area contributed by atoms with Gasteiger partial charge in [0, 0.05) is 38.7 Å². The Bertz CT molecular complexity index is 305. The van der Waals surface area contributed by atoms with E-state index in [4.69, 9.17) is 4.74 Å². The number of carbonyl (C=O) groups is 1. The van der Waals surface area contributed by atoms with E-state index in [1.54, 1.807) is 7.11 Å². The maximum Gasteiger partial charge on any atom is 0.224 e. The van der Waals surface area contributed by atoms with Crippen LogP contribution in [0.4, 0.5) is 0 Å². The Morgan fingerprint density at radius 3 is 2.72 bits per heavy atom. The van der Waals surface area contributed by atoms with Crippen molar-refractivity contribution in [2.45, 2.75) is 39.2 Å².